The maximum Gasteiger partial charge on any atom is 0.291 e. The van der Waals surface area contributed by atoms with Gasteiger partial charge in [0.1, 0.15) is 11.4 Å². The van der Waals surface area contributed by atoms with Crippen molar-refractivity contribution in [1.29, 1.82) is 0 Å². The Labute approximate surface area is 214 Å². The number of nitrogens with zero attached hydrogens (tertiary/aromatic N) is 5. The molecule has 4 heterocycles. The van der Waals surface area contributed by atoms with Gasteiger partial charge in [0.15, 0.2) is 5.82 Å². The number of thiophene rings is 1. The van der Waals surface area contributed by atoms with E-state index in [2.05, 4.69) is 17.0 Å². The summed E-state index contributed by atoms with van der Waals surface area (Å²) in [4.78, 5) is 19.4. The Hall–Kier alpha value is -4.08. The van der Waals surface area contributed by atoms with Crippen LogP contribution in [0, 0.1) is 0 Å². The van der Waals surface area contributed by atoms with Gasteiger partial charge in [-0.25, -0.2) is 4.68 Å². The van der Waals surface area contributed by atoms with Crippen LogP contribution in [0.2, 0.25) is 0 Å². The van der Waals surface area contributed by atoms with Crippen molar-refractivity contribution in [2.45, 2.75) is 13.3 Å². The number of benzene rings is 2. The number of rotatable bonds is 7. The molecule has 0 aliphatic heterocycles. The van der Waals surface area contributed by atoms with Gasteiger partial charge in [-0.2, -0.15) is 14.6 Å². The lowest BCUT2D eigenvalue weighted by Crippen LogP contribution is -2.23. The quantitative estimate of drug-likeness (QED) is 0.299. The summed E-state index contributed by atoms with van der Waals surface area (Å²) >= 11 is 2.94. The first kappa shape index (κ1) is 22.4. The molecule has 0 fully saturated rings. The third-order valence-electron chi connectivity index (χ3n) is 5.57. The molecule has 0 radical (unpaired) electrons. The number of hydrogen-bond donors (Lipinski definition) is 0. The molecule has 0 bridgehead atoms. The molecular formula is C27H21N5O2S2. The molecule has 0 N–H and O–H groups in total. The van der Waals surface area contributed by atoms with E-state index in [1.165, 1.54) is 15.9 Å². The monoisotopic (exact) mass is 511 g/mol. The van der Waals surface area contributed by atoms with Gasteiger partial charge < -0.3 is 4.74 Å². The van der Waals surface area contributed by atoms with Gasteiger partial charge >= 0.3 is 0 Å². The smallest absolute Gasteiger partial charge is 0.291 e. The lowest BCUT2D eigenvalue weighted by molar-refractivity contribution is 0.317. The van der Waals surface area contributed by atoms with Crippen molar-refractivity contribution in [3.63, 3.8) is 0 Å². The van der Waals surface area contributed by atoms with Crippen molar-refractivity contribution in [3.05, 3.63) is 98.8 Å². The second kappa shape index (κ2) is 9.52. The van der Waals surface area contributed by atoms with Gasteiger partial charge in [0.25, 0.3) is 5.56 Å². The van der Waals surface area contributed by atoms with Crippen molar-refractivity contribution in [2.24, 2.45) is 0 Å². The third kappa shape index (κ3) is 4.23. The van der Waals surface area contributed by atoms with Crippen LogP contribution in [0.25, 0.3) is 38.7 Å². The van der Waals surface area contributed by atoms with Gasteiger partial charge in [-0.05, 0) is 60.3 Å². The van der Waals surface area contributed by atoms with Crippen molar-refractivity contribution >= 4 is 33.7 Å². The van der Waals surface area contributed by atoms with Gasteiger partial charge in [-0.1, -0.05) is 42.5 Å². The third-order valence-corrected chi connectivity index (χ3v) is 7.41. The first-order valence-electron chi connectivity index (χ1n) is 11.5. The van der Waals surface area contributed by atoms with E-state index >= 15 is 0 Å². The fourth-order valence-electron chi connectivity index (χ4n) is 3.83. The summed E-state index contributed by atoms with van der Waals surface area (Å²) in [5.41, 5.74) is 3.30. The molecule has 0 aliphatic rings. The van der Waals surface area contributed by atoms with Crippen LogP contribution in [0.1, 0.15) is 18.9 Å². The SMILES string of the molecule is CCCOc1ccc(-c2nc3sc(=Cc4cn(-c5ccccc5)nc4-c4cccs4)c(=O)n3n2)cc1. The first-order valence-corrected chi connectivity index (χ1v) is 13.2. The fourth-order valence-corrected chi connectivity index (χ4v) is 5.46. The Morgan fingerprint density at radius 3 is 2.56 bits per heavy atom. The predicted molar refractivity (Wildman–Crippen MR) is 144 cm³/mol. The Morgan fingerprint density at radius 2 is 1.83 bits per heavy atom. The molecular weight excluding hydrogens is 490 g/mol. The standard InChI is InChI=1S/C27H21N5O2S2/c1-2-14-34-21-12-10-18(11-13-21)25-28-27-32(30-25)26(33)23(36-27)16-19-17-31(20-7-4-3-5-8-20)29-24(19)22-9-6-15-35-22/h3-13,15-17H,2,14H2,1H3. The molecule has 0 unspecified atom stereocenters. The van der Waals surface area contributed by atoms with Crippen molar-refractivity contribution in [1.82, 2.24) is 24.4 Å². The maximum atomic E-state index is 13.2. The molecule has 9 heteroatoms. The molecule has 4 aromatic heterocycles. The minimum absolute atomic E-state index is 0.193. The van der Waals surface area contributed by atoms with Crippen LogP contribution in [0.3, 0.4) is 0 Å². The molecule has 6 aromatic rings. The highest BCUT2D eigenvalue weighted by atomic mass is 32.1. The summed E-state index contributed by atoms with van der Waals surface area (Å²) in [7, 11) is 0. The van der Waals surface area contributed by atoms with E-state index in [0.29, 0.717) is 21.9 Å². The van der Waals surface area contributed by atoms with E-state index in [4.69, 9.17) is 9.84 Å². The predicted octanol–water partition coefficient (Wildman–Crippen LogP) is 5.07. The second-order valence-electron chi connectivity index (χ2n) is 8.11. The summed E-state index contributed by atoms with van der Waals surface area (Å²) in [6, 6.07) is 21.6. The Morgan fingerprint density at radius 1 is 1.00 bits per heavy atom. The zero-order chi connectivity index (χ0) is 24.5. The van der Waals surface area contributed by atoms with E-state index < -0.39 is 0 Å². The largest absolute Gasteiger partial charge is 0.494 e. The molecule has 2 aromatic carbocycles. The Balaban J connectivity index is 1.39. The van der Waals surface area contributed by atoms with Crippen molar-refractivity contribution in [2.75, 3.05) is 6.61 Å². The average molecular weight is 512 g/mol. The van der Waals surface area contributed by atoms with Gasteiger partial charge in [-0.3, -0.25) is 4.79 Å². The summed E-state index contributed by atoms with van der Waals surface area (Å²) in [5, 5.41) is 11.3. The number of hydrogen-bond acceptors (Lipinski definition) is 7. The molecule has 0 spiro atoms. The van der Waals surface area contributed by atoms with Crippen molar-refractivity contribution < 1.29 is 4.74 Å². The van der Waals surface area contributed by atoms with Gasteiger partial charge in [-0.15, -0.1) is 16.4 Å². The van der Waals surface area contributed by atoms with Crippen molar-refractivity contribution in [3.8, 4) is 33.4 Å². The number of ether oxygens (including phenoxy) is 1. The minimum Gasteiger partial charge on any atom is -0.494 e. The summed E-state index contributed by atoms with van der Waals surface area (Å²) in [6.45, 7) is 2.75. The van der Waals surface area contributed by atoms with Crippen LogP contribution < -0.4 is 14.8 Å². The zero-order valence-corrected chi connectivity index (χ0v) is 21.0. The highest BCUT2D eigenvalue weighted by molar-refractivity contribution is 7.15. The van der Waals surface area contributed by atoms with Crippen LogP contribution in [0.4, 0.5) is 0 Å². The summed E-state index contributed by atoms with van der Waals surface area (Å²) in [6.07, 6.45) is 4.78. The van der Waals surface area contributed by atoms with E-state index in [0.717, 1.165) is 39.6 Å². The van der Waals surface area contributed by atoms with E-state index in [9.17, 15) is 4.79 Å². The van der Waals surface area contributed by atoms with Crippen LogP contribution in [0.5, 0.6) is 5.75 Å². The number of aromatic nitrogens is 5. The Kier molecular flexibility index (Phi) is 5.92. The fraction of sp³-hybridized carbons (Fsp3) is 0.111. The van der Waals surface area contributed by atoms with Gasteiger partial charge in [0.05, 0.1) is 21.7 Å². The minimum atomic E-state index is -0.193. The molecule has 6 rings (SSSR count). The van der Waals surface area contributed by atoms with Crippen LogP contribution >= 0.6 is 22.7 Å². The summed E-state index contributed by atoms with van der Waals surface area (Å²) in [5.74, 6) is 1.32. The molecule has 0 aliphatic carbocycles. The topological polar surface area (TPSA) is 74.3 Å². The molecule has 7 nitrogen and oxygen atoms in total. The van der Waals surface area contributed by atoms with Crippen LogP contribution in [0.15, 0.2) is 83.1 Å². The second-order valence-corrected chi connectivity index (χ2v) is 10.1. The van der Waals surface area contributed by atoms with E-state index in [1.807, 2.05) is 89.1 Å². The van der Waals surface area contributed by atoms with E-state index in [1.54, 1.807) is 11.3 Å². The molecule has 0 saturated heterocycles. The highest BCUT2D eigenvalue weighted by Gasteiger charge is 2.15. The first-order chi connectivity index (χ1) is 17.7. The van der Waals surface area contributed by atoms with Gasteiger partial charge in [0.2, 0.25) is 4.96 Å². The van der Waals surface area contributed by atoms with E-state index in [-0.39, 0.29) is 5.56 Å². The lowest BCUT2D eigenvalue weighted by Gasteiger charge is -2.04. The molecule has 36 heavy (non-hydrogen) atoms. The highest BCUT2D eigenvalue weighted by Crippen LogP contribution is 2.28. The Bertz CT molecular complexity index is 1730. The number of fused-ring (bicyclic) bond motifs is 1. The van der Waals surface area contributed by atoms with Crippen LogP contribution in [-0.4, -0.2) is 31.0 Å². The summed E-state index contributed by atoms with van der Waals surface area (Å²) < 4.78 is 9.42. The molecule has 0 atom stereocenters. The maximum absolute atomic E-state index is 13.2. The van der Waals surface area contributed by atoms with Crippen LogP contribution in [-0.2, 0) is 0 Å². The lowest BCUT2D eigenvalue weighted by atomic mass is 10.2. The average Bonchev–Trinajstić information content (AvgIpc) is 3.70. The number of thiazole rings is 1. The zero-order valence-electron chi connectivity index (χ0n) is 19.4. The molecule has 0 saturated carbocycles. The van der Waals surface area contributed by atoms with Gasteiger partial charge in [0, 0.05) is 17.3 Å². The molecule has 178 valence electrons. The number of para-hydroxylation sites is 1. The normalized spacial score (nSPS) is 12.0. The molecule has 0 amide bonds.